The van der Waals surface area contributed by atoms with Crippen LogP contribution in [0.15, 0.2) is 24.4 Å². The Morgan fingerprint density at radius 1 is 1.16 bits per heavy atom. The highest BCUT2D eigenvalue weighted by Gasteiger charge is 2.47. The van der Waals surface area contributed by atoms with Gasteiger partial charge in [0.25, 0.3) is 0 Å². The summed E-state index contributed by atoms with van der Waals surface area (Å²) in [5.74, 6) is -0.379. The maximum absolute atomic E-state index is 13.7. The number of urea groups is 1. The molecule has 2 aliphatic rings. The lowest BCUT2D eigenvalue weighted by atomic mass is 9.96. The number of aromatic nitrogens is 2. The van der Waals surface area contributed by atoms with Gasteiger partial charge in [-0.05, 0) is 25.1 Å². The number of alkyl halides is 6. The predicted molar refractivity (Wildman–Crippen MR) is 103 cm³/mol. The number of hydrogen-bond donors (Lipinski definition) is 3. The Morgan fingerprint density at radius 2 is 1.91 bits per heavy atom. The molecule has 7 nitrogen and oxygen atoms in total. The van der Waals surface area contributed by atoms with Gasteiger partial charge in [0.1, 0.15) is 11.6 Å². The molecule has 2 atom stereocenters. The van der Waals surface area contributed by atoms with Crippen LogP contribution in [0.4, 0.5) is 42.8 Å². The second-order valence-corrected chi connectivity index (χ2v) is 7.59. The van der Waals surface area contributed by atoms with E-state index in [2.05, 4.69) is 20.6 Å². The molecule has 2 unspecified atom stereocenters. The van der Waals surface area contributed by atoms with Crippen molar-refractivity contribution in [2.24, 2.45) is 0 Å². The molecule has 0 saturated carbocycles. The molecule has 0 spiro atoms. The lowest BCUT2D eigenvalue weighted by molar-refractivity contribution is -0.155. The molecular formula is C19H18F6N6O. The molecule has 13 heteroatoms. The van der Waals surface area contributed by atoms with Crippen LogP contribution in [0.3, 0.4) is 0 Å². The standard InChI is InChI=1S/C19H18F6N6O/c1-9-8-31(5-4-26-9)13-7-10(18(20,21)22)6-12(28-13)11-2-3-27-16-14(11)15(19(23,24)25)29-17(32)30-16/h2-3,6-7,9,15,26H,4-5,8H2,1H3,(H2,27,29,30,32). The Kier molecular flexibility index (Phi) is 5.39. The summed E-state index contributed by atoms with van der Waals surface area (Å²) in [7, 11) is 0. The van der Waals surface area contributed by atoms with Gasteiger partial charge >= 0.3 is 18.4 Å². The van der Waals surface area contributed by atoms with Gasteiger partial charge in [-0.1, -0.05) is 0 Å². The van der Waals surface area contributed by atoms with E-state index < -0.39 is 35.6 Å². The molecule has 0 aliphatic carbocycles. The zero-order valence-electron chi connectivity index (χ0n) is 16.6. The molecule has 2 aromatic rings. The van der Waals surface area contributed by atoms with Crippen molar-refractivity contribution in [1.29, 1.82) is 0 Å². The molecule has 2 amide bonds. The second kappa shape index (κ2) is 7.80. The first-order valence-electron chi connectivity index (χ1n) is 9.64. The molecule has 0 bridgehead atoms. The third kappa shape index (κ3) is 4.29. The molecule has 0 radical (unpaired) electrons. The first kappa shape index (κ1) is 22.1. The van der Waals surface area contributed by atoms with E-state index in [1.54, 1.807) is 10.2 Å². The van der Waals surface area contributed by atoms with Crippen LogP contribution < -0.4 is 20.9 Å². The Morgan fingerprint density at radius 3 is 2.56 bits per heavy atom. The van der Waals surface area contributed by atoms with Gasteiger partial charge in [-0.15, -0.1) is 0 Å². The molecule has 32 heavy (non-hydrogen) atoms. The lowest BCUT2D eigenvalue weighted by Crippen LogP contribution is -2.49. The van der Waals surface area contributed by atoms with Gasteiger partial charge in [0.2, 0.25) is 0 Å². The number of pyridine rings is 2. The summed E-state index contributed by atoms with van der Waals surface area (Å²) in [5.41, 5.74) is -2.04. The number of carbonyl (C=O) groups is 1. The quantitative estimate of drug-likeness (QED) is 0.596. The van der Waals surface area contributed by atoms with Crippen molar-refractivity contribution in [2.75, 3.05) is 29.9 Å². The van der Waals surface area contributed by atoms with Crippen LogP contribution in [0.2, 0.25) is 0 Å². The Labute approximate surface area is 178 Å². The van der Waals surface area contributed by atoms with Crippen molar-refractivity contribution in [3.05, 3.63) is 35.5 Å². The van der Waals surface area contributed by atoms with E-state index in [0.717, 1.165) is 18.3 Å². The molecule has 1 fully saturated rings. The number of nitrogens with one attached hydrogen (secondary N) is 3. The molecule has 4 heterocycles. The highest BCUT2D eigenvalue weighted by molar-refractivity contribution is 5.94. The fourth-order valence-corrected chi connectivity index (χ4v) is 3.80. The van der Waals surface area contributed by atoms with E-state index in [1.807, 2.05) is 6.92 Å². The number of halogens is 6. The average Bonchev–Trinajstić information content (AvgIpc) is 2.71. The topological polar surface area (TPSA) is 82.2 Å². The van der Waals surface area contributed by atoms with Gasteiger partial charge in [-0.3, -0.25) is 5.32 Å². The zero-order valence-corrected chi connectivity index (χ0v) is 16.6. The minimum Gasteiger partial charge on any atom is -0.354 e. The minimum absolute atomic E-state index is 0.00472. The monoisotopic (exact) mass is 460 g/mol. The van der Waals surface area contributed by atoms with Gasteiger partial charge in [0.05, 0.1) is 11.3 Å². The lowest BCUT2D eigenvalue weighted by Gasteiger charge is -2.33. The number of anilines is 2. The van der Waals surface area contributed by atoms with Crippen molar-refractivity contribution in [3.63, 3.8) is 0 Å². The summed E-state index contributed by atoms with van der Waals surface area (Å²) >= 11 is 0. The summed E-state index contributed by atoms with van der Waals surface area (Å²) in [6.45, 7) is 3.15. The average molecular weight is 460 g/mol. The smallest absolute Gasteiger partial charge is 0.354 e. The van der Waals surface area contributed by atoms with Crippen LogP contribution in [-0.4, -0.2) is 47.9 Å². The molecule has 2 aliphatic heterocycles. The van der Waals surface area contributed by atoms with E-state index in [4.69, 9.17) is 0 Å². The van der Waals surface area contributed by atoms with Crippen LogP contribution in [0, 0.1) is 0 Å². The summed E-state index contributed by atoms with van der Waals surface area (Å²) in [6.07, 6.45) is -8.53. The van der Waals surface area contributed by atoms with E-state index in [9.17, 15) is 31.1 Å². The van der Waals surface area contributed by atoms with Crippen molar-refractivity contribution >= 4 is 17.7 Å². The van der Waals surface area contributed by atoms with Crippen LogP contribution in [-0.2, 0) is 6.18 Å². The fraction of sp³-hybridized carbons (Fsp3) is 0.421. The highest BCUT2D eigenvalue weighted by Crippen LogP contribution is 2.43. The van der Waals surface area contributed by atoms with Crippen molar-refractivity contribution in [1.82, 2.24) is 20.6 Å². The Bertz CT molecular complexity index is 1040. The van der Waals surface area contributed by atoms with Gasteiger partial charge in [-0.2, -0.15) is 26.3 Å². The number of hydrogen-bond acceptors (Lipinski definition) is 5. The maximum atomic E-state index is 13.7. The van der Waals surface area contributed by atoms with Gasteiger partial charge in [0, 0.05) is 43.0 Å². The largest absolute Gasteiger partial charge is 0.416 e. The second-order valence-electron chi connectivity index (χ2n) is 7.59. The molecule has 3 N–H and O–H groups in total. The molecule has 1 saturated heterocycles. The van der Waals surface area contributed by atoms with E-state index in [-0.39, 0.29) is 28.9 Å². The van der Waals surface area contributed by atoms with Crippen molar-refractivity contribution < 1.29 is 31.1 Å². The number of fused-ring (bicyclic) bond motifs is 1. The number of carbonyl (C=O) groups excluding carboxylic acids is 1. The first-order valence-corrected chi connectivity index (χ1v) is 9.64. The summed E-state index contributed by atoms with van der Waals surface area (Å²) in [5, 5.41) is 7.11. The Balaban J connectivity index is 1.90. The molecular weight excluding hydrogens is 442 g/mol. The first-order chi connectivity index (χ1) is 14.9. The summed E-state index contributed by atoms with van der Waals surface area (Å²) in [6, 6.07) is -0.828. The van der Waals surface area contributed by atoms with Crippen LogP contribution in [0.1, 0.15) is 24.1 Å². The van der Waals surface area contributed by atoms with Crippen LogP contribution in [0.25, 0.3) is 11.3 Å². The van der Waals surface area contributed by atoms with Crippen LogP contribution in [0.5, 0.6) is 0 Å². The van der Waals surface area contributed by atoms with Gasteiger partial charge in [0.15, 0.2) is 6.04 Å². The minimum atomic E-state index is -4.90. The highest BCUT2D eigenvalue weighted by atomic mass is 19.4. The third-order valence-corrected chi connectivity index (χ3v) is 5.22. The number of nitrogens with zero attached hydrogens (tertiary/aromatic N) is 3. The molecule has 172 valence electrons. The SMILES string of the molecule is CC1CN(c2cc(C(F)(F)F)cc(-c3ccnc4c3C(C(F)(F)F)NC(=O)N4)n2)CCN1. The predicted octanol–water partition coefficient (Wildman–Crippen LogP) is 3.70. The Hall–Kier alpha value is -3.09. The summed E-state index contributed by atoms with van der Waals surface area (Å²) in [4.78, 5) is 21.4. The van der Waals surface area contributed by atoms with Gasteiger partial charge in [-0.25, -0.2) is 14.8 Å². The van der Waals surface area contributed by atoms with Crippen molar-refractivity contribution in [2.45, 2.75) is 31.4 Å². The zero-order chi connectivity index (χ0) is 23.3. The number of amides is 2. The van der Waals surface area contributed by atoms with E-state index >= 15 is 0 Å². The molecule has 0 aromatic carbocycles. The molecule has 2 aromatic heterocycles. The number of rotatable bonds is 2. The maximum Gasteiger partial charge on any atom is 0.416 e. The van der Waals surface area contributed by atoms with Gasteiger partial charge < -0.3 is 15.5 Å². The normalized spacial score (nSPS) is 21.6. The van der Waals surface area contributed by atoms with Crippen LogP contribution >= 0.6 is 0 Å². The van der Waals surface area contributed by atoms with E-state index in [0.29, 0.717) is 25.7 Å². The molecule has 4 rings (SSSR count). The fourth-order valence-electron chi connectivity index (χ4n) is 3.80. The third-order valence-electron chi connectivity index (χ3n) is 5.22. The summed E-state index contributed by atoms with van der Waals surface area (Å²) < 4.78 is 82.0. The number of piperazine rings is 1. The van der Waals surface area contributed by atoms with E-state index in [1.165, 1.54) is 0 Å². The van der Waals surface area contributed by atoms with Crippen molar-refractivity contribution in [3.8, 4) is 11.3 Å².